The number of aryl methyl sites for hydroxylation is 1. The van der Waals surface area contributed by atoms with Gasteiger partial charge >= 0.3 is 0 Å². The van der Waals surface area contributed by atoms with E-state index in [1.165, 1.54) is 0 Å². The molecule has 0 bridgehead atoms. The Balaban J connectivity index is 2.04. The highest BCUT2D eigenvalue weighted by Gasteiger charge is 2.10. The van der Waals surface area contributed by atoms with Crippen LogP contribution in [0.15, 0.2) is 23.0 Å². The number of aromatic amines is 1. The number of H-pyrrole nitrogens is 1. The van der Waals surface area contributed by atoms with Crippen LogP contribution in [-0.2, 0) is 17.6 Å². The fraction of sp³-hybridized carbons (Fsp3) is 0.333. The van der Waals surface area contributed by atoms with E-state index in [2.05, 4.69) is 26.4 Å². The first-order chi connectivity index (χ1) is 12.6. The number of methoxy groups -OCH3 is 2. The zero-order valence-corrected chi connectivity index (χ0v) is 14.7. The van der Waals surface area contributed by atoms with Gasteiger partial charge in [-0.1, -0.05) is 12.0 Å². The maximum absolute atomic E-state index is 12.1. The number of nitrogens with one attached hydrogen (secondary N) is 2. The number of rotatable bonds is 8. The van der Waals surface area contributed by atoms with E-state index in [1.54, 1.807) is 20.3 Å². The summed E-state index contributed by atoms with van der Waals surface area (Å²) in [6, 6.07) is 5.44. The summed E-state index contributed by atoms with van der Waals surface area (Å²) in [5, 5.41) is 10.5. The van der Waals surface area contributed by atoms with Gasteiger partial charge < -0.3 is 19.8 Å². The number of carbonyl (C=O) groups is 1. The van der Waals surface area contributed by atoms with E-state index < -0.39 is 0 Å². The lowest BCUT2D eigenvalue weighted by Crippen LogP contribution is -2.26. The standard InChI is InChI=1S/C18H20N4O4/c1-4-9-19-17(23)8-6-13-18(24)20-16(22-21-13)11-12-5-7-14(25-2)15(10-12)26-3/h1,5,7,10H,6,8-9,11H2,2-3H3,(H,19,23)(H,20,22,24). The van der Waals surface area contributed by atoms with Crippen LogP contribution in [0.4, 0.5) is 0 Å². The summed E-state index contributed by atoms with van der Waals surface area (Å²) in [5.74, 6) is 3.70. The van der Waals surface area contributed by atoms with Crippen molar-refractivity contribution in [3.8, 4) is 23.8 Å². The predicted octanol–water partition coefficient (Wildman–Crippen LogP) is 0.455. The van der Waals surface area contributed by atoms with Gasteiger partial charge in [-0.3, -0.25) is 9.59 Å². The number of hydrogen-bond acceptors (Lipinski definition) is 6. The number of carbonyl (C=O) groups excluding carboxylic acids is 1. The molecule has 0 aliphatic carbocycles. The average molecular weight is 356 g/mol. The number of nitrogens with zero attached hydrogens (tertiary/aromatic N) is 2. The van der Waals surface area contributed by atoms with Crippen molar-refractivity contribution >= 4 is 5.91 Å². The normalized spacial score (nSPS) is 10.0. The van der Waals surface area contributed by atoms with Crippen molar-refractivity contribution < 1.29 is 14.3 Å². The summed E-state index contributed by atoms with van der Waals surface area (Å²) in [4.78, 5) is 26.3. The lowest BCUT2D eigenvalue weighted by atomic mass is 10.1. The van der Waals surface area contributed by atoms with Gasteiger partial charge in [-0.25, -0.2) is 0 Å². The number of terminal acetylenes is 1. The van der Waals surface area contributed by atoms with Gasteiger partial charge in [-0.05, 0) is 17.7 Å². The summed E-state index contributed by atoms with van der Waals surface area (Å²) in [5.41, 5.74) is 0.728. The van der Waals surface area contributed by atoms with Crippen molar-refractivity contribution in [1.82, 2.24) is 20.5 Å². The van der Waals surface area contributed by atoms with Crippen LogP contribution in [0.5, 0.6) is 11.5 Å². The van der Waals surface area contributed by atoms with Crippen molar-refractivity contribution in [2.45, 2.75) is 19.3 Å². The van der Waals surface area contributed by atoms with E-state index in [9.17, 15) is 9.59 Å². The van der Waals surface area contributed by atoms with Crippen LogP contribution in [0.2, 0.25) is 0 Å². The number of ether oxygens (including phenoxy) is 2. The molecule has 26 heavy (non-hydrogen) atoms. The molecule has 136 valence electrons. The Labute approximate surface area is 150 Å². The van der Waals surface area contributed by atoms with Crippen molar-refractivity contribution in [2.24, 2.45) is 0 Å². The molecule has 0 aliphatic heterocycles. The summed E-state index contributed by atoms with van der Waals surface area (Å²) in [6.07, 6.45) is 5.76. The van der Waals surface area contributed by atoms with Crippen LogP contribution in [0.25, 0.3) is 0 Å². The molecule has 2 N–H and O–H groups in total. The maximum atomic E-state index is 12.1. The van der Waals surface area contributed by atoms with E-state index in [0.29, 0.717) is 23.7 Å². The minimum absolute atomic E-state index is 0.120. The van der Waals surface area contributed by atoms with Crippen LogP contribution < -0.4 is 20.3 Å². The second-order valence-corrected chi connectivity index (χ2v) is 5.39. The molecule has 8 heteroatoms. The van der Waals surface area contributed by atoms with Gasteiger partial charge in [-0.15, -0.1) is 16.6 Å². The Kier molecular flexibility index (Phi) is 6.74. The molecule has 0 saturated heterocycles. The molecule has 1 aromatic heterocycles. The highest BCUT2D eigenvalue weighted by atomic mass is 16.5. The lowest BCUT2D eigenvalue weighted by Gasteiger charge is -2.09. The third-order valence-electron chi connectivity index (χ3n) is 3.61. The molecule has 2 rings (SSSR count). The first-order valence-electron chi connectivity index (χ1n) is 7.93. The molecule has 0 unspecified atom stereocenters. The molecule has 0 radical (unpaired) electrons. The van der Waals surface area contributed by atoms with Crippen molar-refractivity contribution in [3.63, 3.8) is 0 Å². The molecular weight excluding hydrogens is 336 g/mol. The Bertz CT molecular complexity index is 870. The van der Waals surface area contributed by atoms with E-state index in [-0.39, 0.29) is 36.5 Å². The molecule has 2 aromatic rings. The topological polar surface area (TPSA) is 106 Å². The average Bonchev–Trinajstić information content (AvgIpc) is 2.65. The molecule has 0 saturated carbocycles. The van der Waals surface area contributed by atoms with E-state index in [1.807, 2.05) is 12.1 Å². The van der Waals surface area contributed by atoms with Gasteiger partial charge in [-0.2, -0.15) is 0 Å². The molecule has 1 amide bonds. The molecule has 0 atom stereocenters. The second-order valence-electron chi connectivity index (χ2n) is 5.39. The first-order valence-corrected chi connectivity index (χ1v) is 7.93. The van der Waals surface area contributed by atoms with Gasteiger partial charge in [0.1, 0.15) is 11.5 Å². The lowest BCUT2D eigenvalue weighted by molar-refractivity contribution is -0.120. The van der Waals surface area contributed by atoms with Gasteiger partial charge in [0, 0.05) is 19.3 Å². The maximum Gasteiger partial charge on any atom is 0.272 e. The number of benzene rings is 1. The molecular formula is C18H20N4O4. The van der Waals surface area contributed by atoms with Crippen LogP contribution in [0, 0.1) is 12.3 Å². The van der Waals surface area contributed by atoms with Gasteiger partial charge in [0.25, 0.3) is 5.56 Å². The SMILES string of the molecule is C#CCNC(=O)CCc1nnc(Cc2ccc(OC)c(OC)c2)[nH]c1=O. The summed E-state index contributed by atoms with van der Waals surface area (Å²) in [7, 11) is 3.11. The third kappa shape index (κ3) is 5.08. The van der Waals surface area contributed by atoms with Crippen molar-refractivity contribution in [3.05, 3.63) is 45.6 Å². The number of amides is 1. The van der Waals surface area contributed by atoms with Crippen LogP contribution >= 0.6 is 0 Å². The Hall–Kier alpha value is -3.34. The van der Waals surface area contributed by atoms with Gasteiger partial charge in [0.2, 0.25) is 5.91 Å². The van der Waals surface area contributed by atoms with Crippen molar-refractivity contribution in [2.75, 3.05) is 20.8 Å². The quantitative estimate of drug-likeness (QED) is 0.666. The molecule has 0 spiro atoms. The molecule has 0 fully saturated rings. The number of aromatic nitrogens is 3. The Morgan fingerprint density at radius 2 is 2.04 bits per heavy atom. The van der Waals surface area contributed by atoms with Gasteiger partial charge in [0.15, 0.2) is 11.5 Å². The largest absolute Gasteiger partial charge is 0.493 e. The highest BCUT2D eigenvalue weighted by molar-refractivity contribution is 5.76. The fourth-order valence-corrected chi connectivity index (χ4v) is 2.29. The van der Waals surface area contributed by atoms with E-state index in [4.69, 9.17) is 15.9 Å². The third-order valence-corrected chi connectivity index (χ3v) is 3.61. The van der Waals surface area contributed by atoms with Crippen molar-refractivity contribution in [1.29, 1.82) is 0 Å². The molecule has 1 heterocycles. The van der Waals surface area contributed by atoms with Crippen LogP contribution in [-0.4, -0.2) is 41.9 Å². The molecule has 8 nitrogen and oxygen atoms in total. The first kappa shape index (κ1) is 19.0. The van der Waals surface area contributed by atoms with Crippen LogP contribution in [0.3, 0.4) is 0 Å². The zero-order valence-electron chi connectivity index (χ0n) is 14.7. The van der Waals surface area contributed by atoms with Crippen LogP contribution in [0.1, 0.15) is 23.5 Å². The predicted molar refractivity (Wildman–Crippen MR) is 95.2 cm³/mol. The molecule has 0 aliphatic rings. The number of hydrogen-bond donors (Lipinski definition) is 2. The minimum Gasteiger partial charge on any atom is -0.493 e. The van der Waals surface area contributed by atoms with Gasteiger partial charge in [0.05, 0.1) is 20.8 Å². The summed E-state index contributed by atoms with van der Waals surface area (Å²) < 4.78 is 10.4. The summed E-state index contributed by atoms with van der Waals surface area (Å²) in [6.45, 7) is 0.158. The Morgan fingerprint density at radius 3 is 2.69 bits per heavy atom. The highest BCUT2D eigenvalue weighted by Crippen LogP contribution is 2.27. The minimum atomic E-state index is -0.361. The van der Waals surface area contributed by atoms with E-state index >= 15 is 0 Å². The summed E-state index contributed by atoms with van der Waals surface area (Å²) >= 11 is 0. The fourth-order valence-electron chi connectivity index (χ4n) is 2.29. The molecule has 1 aromatic carbocycles. The Morgan fingerprint density at radius 1 is 1.27 bits per heavy atom. The second kappa shape index (κ2) is 9.22. The zero-order chi connectivity index (χ0) is 18.9. The monoisotopic (exact) mass is 356 g/mol. The van der Waals surface area contributed by atoms with E-state index in [0.717, 1.165) is 5.56 Å². The smallest absolute Gasteiger partial charge is 0.272 e.